The Morgan fingerprint density at radius 1 is 1.05 bits per heavy atom. The molecule has 0 saturated carbocycles. The van der Waals surface area contributed by atoms with Crippen molar-refractivity contribution >= 4 is 5.69 Å². The molecule has 0 aliphatic rings. The van der Waals surface area contributed by atoms with Gasteiger partial charge in [0.2, 0.25) is 0 Å². The second-order valence-electron chi connectivity index (χ2n) is 4.87. The first-order valence-corrected chi connectivity index (χ1v) is 7.33. The molecule has 0 aromatic heterocycles. The van der Waals surface area contributed by atoms with E-state index >= 15 is 0 Å². The molecule has 1 aromatic carbocycles. The van der Waals surface area contributed by atoms with Crippen molar-refractivity contribution < 1.29 is 10.2 Å². The lowest BCUT2D eigenvalue weighted by Crippen LogP contribution is -2.37. The largest absolute Gasteiger partial charge is 0.395 e. The summed E-state index contributed by atoms with van der Waals surface area (Å²) >= 11 is 0. The third-order valence-corrected chi connectivity index (χ3v) is 3.72. The van der Waals surface area contributed by atoms with Crippen LogP contribution < -0.4 is 4.90 Å². The van der Waals surface area contributed by atoms with Crippen LogP contribution in [0.25, 0.3) is 0 Å². The van der Waals surface area contributed by atoms with Crippen molar-refractivity contribution in [1.82, 2.24) is 0 Å². The number of hydrogen-bond donors (Lipinski definition) is 2. The number of hydrogen-bond acceptors (Lipinski definition) is 3. The minimum absolute atomic E-state index is 0.132. The lowest BCUT2D eigenvalue weighted by molar-refractivity contribution is 0.173. The molecule has 1 rings (SSSR count). The first kappa shape index (κ1) is 16.0. The molecule has 0 saturated heterocycles. The van der Waals surface area contributed by atoms with Crippen LogP contribution in [-0.4, -0.2) is 29.4 Å². The second kappa shape index (κ2) is 8.18. The van der Waals surface area contributed by atoms with E-state index < -0.39 is 6.10 Å². The maximum absolute atomic E-state index is 10.2. The molecule has 19 heavy (non-hydrogen) atoms. The van der Waals surface area contributed by atoms with Crippen molar-refractivity contribution in [3.05, 3.63) is 29.8 Å². The molecule has 0 aliphatic heterocycles. The normalized spacial score (nSPS) is 12.7. The van der Waals surface area contributed by atoms with Crippen LogP contribution >= 0.6 is 0 Å². The average Bonchev–Trinajstić information content (AvgIpc) is 2.46. The standard InChI is InChI=1S/C16H27NO2/c1-4-13(5-2)17(11-12-18)15-10-8-7-9-14(15)16(19)6-3/h7-10,13,16,18-19H,4-6,11-12H2,1-3H3/t16-/m1/s1. The Morgan fingerprint density at radius 3 is 2.21 bits per heavy atom. The van der Waals surface area contributed by atoms with Gasteiger partial charge in [0, 0.05) is 23.8 Å². The van der Waals surface area contributed by atoms with Crippen molar-refractivity contribution in [2.24, 2.45) is 0 Å². The highest BCUT2D eigenvalue weighted by Crippen LogP contribution is 2.30. The minimum Gasteiger partial charge on any atom is -0.395 e. The number of para-hydroxylation sites is 1. The van der Waals surface area contributed by atoms with E-state index in [0.717, 1.165) is 24.1 Å². The zero-order valence-corrected chi connectivity index (χ0v) is 12.3. The fourth-order valence-corrected chi connectivity index (χ4v) is 2.59. The lowest BCUT2D eigenvalue weighted by Gasteiger charge is -2.34. The number of rotatable bonds is 8. The number of anilines is 1. The van der Waals surface area contributed by atoms with Gasteiger partial charge in [0.1, 0.15) is 0 Å². The number of nitrogens with zero attached hydrogens (tertiary/aromatic N) is 1. The summed E-state index contributed by atoms with van der Waals surface area (Å²) in [6.45, 7) is 7.05. The van der Waals surface area contributed by atoms with Crippen molar-refractivity contribution in [3.8, 4) is 0 Å². The van der Waals surface area contributed by atoms with Gasteiger partial charge in [0.15, 0.2) is 0 Å². The third-order valence-electron chi connectivity index (χ3n) is 3.72. The summed E-state index contributed by atoms with van der Waals surface area (Å²) in [7, 11) is 0. The summed E-state index contributed by atoms with van der Waals surface area (Å²) < 4.78 is 0. The van der Waals surface area contributed by atoms with Crippen LogP contribution in [0.2, 0.25) is 0 Å². The van der Waals surface area contributed by atoms with Crippen LogP contribution in [0.4, 0.5) is 5.69 Å². The molecule has 0 fully saturated rings. The van der Waals surface area contributed by atoms with E-state index in [9.17, 15) is 10.2 Å². The number of benzene rings is 1. The quantitative estimate of drug-likeness (QED) is 0.759. The summed E-state index contributed by atoms with van der Waals surface area (Å²) in [6.07, 6.45) is 2.33. The van der Waals surface area contributed by atoms with E-state index in [4.69, 9.17) is 0 Å². The highest BCUT2D eigenvalue weighted by molar-refractivity contribution is 5.55. The summed E-state index contributed by atoms with van der Waals surface area (Å²) in [4.78, 5) is 2.23. The van der Waals surface area contributed by atoms with Gasteiger partial charge < -0.3 is 15.1 Å². The van der Waals surface area contributed by atoms with Crippen LogP contribution in [0.1, 0.15) is 51.7 Å². The zero-order valence-electron chi connectivity index (χ0n) is 12.3. The van der Waals surface area contributed by atoms with E-state index in [-0.39, 0.29) is 6.61 Å². The summed E-state index contributed by atoms with van der Waals surface area (Å²) in [5.41, 5.74) is 2.02. The molecule has 0 bridgehead atoms. The predicted molar refractivity (Wildman–Crippen MR) is 80.5 cm³/mol. The Balaban J connectivity index is 3.14. The molecule has 108 valence electrons. The topological polar surface area (TPSA) is 43.7 Å². The molecule has 3 nitrogen and oxygen atoms in total. The summed E-state index contributed by atoms with van der Waals surface area (Å²) in [6, 6.07) is 8.38. The predicted octanol–water partition coefficient (Wildman–Crippen LogP) is 3.12. The molecule has 0 aliphatic carbocycles. The van der Waals surface area contributed by atoms with Gasteiger partial charge in [0.05, 0.1) is 12.7 Å². The lowest BCUT2D eigenvalue weighted by atomic mass is 10.0. The third kappa shape index (κ3) is 3.95. The van der Waals surface area contributed by atoms with Crippen LogP contribution in [0.15, 0.2) is 24.3 Å². The molecule has 2 N–H and O–H groups in total. The maximum atomic E-state index is 10.2. The van der Waals surface area contributed by atoms with Gasteiger partial charge in [-0.05, 0) is 25.3 Å². The molecular weight excluding hydrogens is 238 g/mol. The van der Waals surface area contributed by atoms with Crippen LogP contribution in [0.3, 0.4) is 0 Å². The van der Waals surface area contributed by atoms with E-state index in [1.54, 1.807) is 0 Å². The molecule has 0 heterocycles. The zero-order chi connectivity index (χ0) is 14.3. The highest BCUT2D eigenvalue weighted by Gasteiger charge is 2.20. The van der Waals surface area contributed by atoms with Gasteiger partial charge in [-0.1, -0.05) is 39.0 Å². The smallest absolute Gasteiger partial charge is 0.0807 e. The van der Waals surface area contributed by atoms with Crippen molar-refractivity contribution in [2.45, 2.75) is 52.2 Å². The van der Waals surface area contributed by atoms with Crippen LogP contribution in [0, 0.1) is 0 Å². The van der Waals surface area contributed by atoms with Gasteiger partial charge in [-0.15, -0.1) is 0 Å². The monoisotopic (exact) mass is 265 g/mol. The molecule has 1 atom stereocenters. The van der Waals surface area contributed by atoms with E-state index in [2.05, 4.69) is 18.7 Å². The minimum atomic E-state index is -0.438. The molecule has 1 aromatic rings. The Hall–Kier alpha value is -1.06. The van der Waals surface area contributed by atoms with Gasteiger partial charge in [-0.25, -0.2) is 0 Å². The average molecular weight is 265 g/mol. The Kier molecular flexibility index (Phi) is 6.89. The highest BCUT2D eigenvalue weighted by atomic mass is 16.3. The Morgan fingerprint density at radius 2 is 1.68 bits per heavy atom. The molecule has 0 unspecified atom stereocenters. The van der Waals surface area contributed by atoms with Gasteiger partial charge in [0.25, 0.3) is 0 Å². The number of aliphatic hydroxyl groups is 2. The molecule has 0 amide bonds. The molecule has 0 radical (unpaired) electrons. The van der Waals surface area contributed by atoms with Crippen LogP contribution in [-0.2, 0) is 0 Å². The van der Waals surface area contributed by atoms with E-state index in [1.165, 1.54) is 0 Å². The summed E-state index contributed by atoms with van der Waals surface area (Å²) in [5, 5.41) is 19.5. The van der Waals surface area contributed by atoms with E-state index in [1.807, 2.05) is 31.2 Å². The van der Waals surface area contributed by atoms with E-state index in [0.29, 0.717) is 19.0 Å². The molecular formula is C16H27NO2. The molecule has 0 spiro atoms. The van der Waals surface area contributed by atoms with Gasteiger partial charge >= 0.3 is 0 Å². The first-order valence-electron chi connectivity index (χ1n) is 7.33. The first-order chi connectivity index (χ1) is 9.19. The fourth-order valence-electron chi connectivity index (χ4n) is 2.59. The van der Waals surface area contributed by atoms with Crippen LogP contribution in [0.5, 0.6) is 0 Å². The maximum Gasteiger partial charge on any atom is 0.0807 e. The van der Waals surface area contributed by atoms with Crippen molar-refractivity contribution in [3.63, 3.8) is 0 Å². The Labute approximate surface area is 116 Å². The molecule has 3 heteroatoms. The summed E-state index contributed by atoms with van der Waals surface area (Å²) in [5.74, 6) is 0. The van der Waals surface area contributed by atoms with Gasteiger partial charge in [-0.2, -0.15) is 0 Å². The second-order valence-corrected chi connectivity index (χ2v) is 4.87. The van der Waals surface area contributed by atoms with Crippen molar-refractivity contribution in [2.75, 3.05) is 18.1 Å². The van der Waals surface area contributed by atoms with Gasteiger partial charge in [-0.3, -0.25) is 0 Å². The SMILES string of the molecule is CCC(CC)N(CCO)c1ccccc1[C@H](O)CC. The number of aliphatic hydroxyl groups excluding tert-OH is 2. The Bertz CT molecular complexity index is 364. The van der Waals surface area contributed by atoms with Crippen molar-refractivity contribution in [1.29, 1.82) is 0 Å². The fraction of sp³-hybridized carbons (Fsp3) is 0.625.